The smallest absolute Gasteiger partial charge is 0.318 e. The van der Waals surface area contributed by atoms with E-state index in [4.69, 9.17) is 10.2 Å². The van der Waals surface area contributed by atoms with Gasteiger partial charge in [-0.2, -0.15) is 0 Å². The van der Waals surface area contributed by atoms with E-state index in [1.807, 2.05) is 0 Å². The highest BCUT2D eigenvalue weighted by Crippen LogP contribution is 2.05. The van der Waals surface area contributed by atoms with Crippen molar-refractivity contribution in [3.8, 4) is 0 Å². The highest BCUT2D eigenvalue weighted by molar-refractivity contribution is 5.96. The maximum Gasteiger partial charge on any atom is 0.318 e. The van der Waals surface area contributed by atoms with Gasteiger partial charge in [-0.05, 0) is 6.92 Å². The maximum atomic E-state index is 10.7. The lowest BCUT2D eigenvalue weighted by Gasteiger charge is -2.05. The van der Waals surface area contributed by atoms with Gasteiger partial charge in [-0.1, -0.05) is 0 Å². The van der Waals surface area contributed by atoms with E-state index in [1.54, 1.807) is 6.92 Å². The van der Waals surface area contributed by atoms with Crippen molar-refractivity contribution < 1.29 is 29.3 Å². The number of esters is 1. The van der Waals surface area contributed by atoms with Gasteiger partial charge in [0.25, 0.3) is 0 Å². The lowest BCUT2D eigenvalue weighted by Crippen LogP contribution is -2.26. The summed E-state index contributed by atoms with van der Waals surface area (Å²) >= 11 is 0. The first kappa shape index (κ1) is 11.4. The normalized spacial score (nSPS) is 9.69. The Balaban J connectivity index is 4.19. The predicted octanol–water partition coefficient (Wildman–Crippen LogP) is -0.275. The van der Waals surface area contributed by atoms with Gasteiger partial charge in [0.1, 0.15) is 0 Å². The van der Waals surface area contributed by atoms with Crippen LogP contribution in [0.4, 0.5) is 0 Å². The van der Waals surface area contributed by atoms with Gasteiger partial charge in [0, 0.05) is 0 Å². The van der Waals surface area contributed by atoms with E-state index < -0.39 is 30.2 Å². The molecule has 0 bridgehead atoms. The predicted molar refractivity (Wildman–Crippen MR) is 40.0 cm³/mol. The Bertz CT molecular complexity index is 207. The van der Waals surface area contributed by atoms with Crippen LogP contribution in [0.3, 0.4) is 0 Å². The van der Waals surface area contributed by atoms with Crippen LogP contribution in [0.2, 0.25) is 0 Å². The first-order valence-electron chi connectivity index (χ1n) is 3.60. The van der Waals surface area contributed by atoms with Crippen LogP contribution in [-0.2, 0) is 19.1 Å². The number of hydrogen-bond donors (Lipinski definition) is 2. The van der Waals surface area contributed by atoms with Gasteiger partial charge in [0.05, 0.1) is 13.0 Å². The number of ether oxygens (including phenoxy) is 1. The van der Waals surface area contributed by atoms with E-state index in [9.17, 15) is 14.4 Å². The van der Waals surface area contributed by atoms with Crippen molar-refractivity contribution in [1.29, 1.82) is 0 Å². The average Bonchev–Trinajstić information content (AvgIpc) is 1.99. The number of carbonyl (C=O) groups is 3. The fraction of sp³-hybridized carbons (Fsp3) is 0.571. The third-order valence-corrected chi connectivity index (χ3v) is 1.27. The molecule has 74 valence electrons. The minimum Gasteiger partial charge on any atom is -0.481 e. The summed E-state index contributed by atoms with van der Waals surface area (Å²) in [5.41, 5.74) is 0. The number of rotatable bonds is 5. The summed E-state index contributed by atoms with van der Waals surface area (Å²) in [6.45, 7) is 1.65. The summed E-state index contributed by atoms with van der Waals surface area (Å²) < 4.78 is 4.41. The molecule has 0 saturated carbocycles. The van der Waals surface area contributed by atoms with Crippen LogP contribution in [0.25, 0.3) is 0 Å². The largest absolute Gasteiger partial charge is 0.481 e. The van der Waals surface area contributed by atoms with E-state index in [1.165, 1.54) is 0 Å². The second-order valence-electron chi connectivity index (χ2n) is 2.24. The SMILES string of the molecule is CCOC(=O)CC(C(=O)O)C(=O)O. The zero-order valence-electron chi connectivity index (χ0n) is 7.02. The maximum absolute atomic E-state index is 10.7. The van der Waals surface area contributed by atoms with Crippen LogP contribution < -0.4 is 0 Å². The Hall–Kier alpha value is -1.59. The van der Waals surface area contributed by atoms with Gasteiger partial charge in [0.2, 0.25) is 0 Å². The highest BCUT2D eigenvalue weighted by Gasteiger charge is 2.29. The summed E-state index contributed by atoms with van der Waals surface area (Å²) in [5.74, 6) is -5.63. The Kier molecular flexibility index (Phi) is 4.50. The lowest BCUT2D eigenvalue weighted by atomic mass is 10.1. The van der Waals surface area contributed by atoms with Gasteiger partial charge in [0.15, 0.2) is 5.92 Å². The standard InChI is InChI=1S/C7H10O6/c1-2-13-5(8)3-4(6(9)10)7(11)12/h4H,2-3H2,1H3,(H,9,10)(H,11,12). The van der Waals surface area contributed by atoms with E-state index >= 15 is 0 Å². The monoisotopic (exact) mass is 190 g/mol. The molecule has 0 saturated heterocycles. The Morgan fingerprint density at radius 1 is 1.23 bits per heavy atom. The van der Waals surface area contributed by atoms with Gasteiger partial charge in [-0.15, -0.1) is 0 Å². The van der Waals surface area contributed by atoms with Gasteiger partial charge in [-0.25, -0.2) is 0 Å². The molecule has 0 spiro atoms. The van der Waals surface area contributed by atoms with E-state index in [0.717, 1.165) is 0 Å². The molecule has 0 aromatic rings. The molecule has 0 aliphatic heterocycles. The quantitative estimate of drug-likeness (QED) is 0.457. The van der Waals surface area contributed by atoms with Crippen molar-refractivity contribution in [3.63, 3.8) is 0 Å². The van der Waals surface area contributed by atoms with E-state index in [2.05, 4.69) is 4.74 Å². The summed E-state index contributed by atoms with van der Waals surface area (Å²) in [6.07, 6.45) is -0.640. The molecule has 0 atom stereocenters. The molecule has 2 N–H and O–H groups in total. The molecular formula is C7H10O6. The summed E-state index contributed by atoms with van der Waals surface area (Å²) in [7, 11) is 0. The van der Waals surface area contributed by atoms with Crippen molar-refractivity contribution in [2.24, 2.45) is 5.92 Å². The van der Waals surface area contributed by atoms with Crippen LogP contribution in [0.15, 0.2) is 0 Å². The van der Waals surface area contributed by atoms with Crippen molar-refractivity contribution in [2.75, 3.05) is 6.61 Å². The van der Waals surface area contributed by atoms with Crippen molar-refractivity contribution >= 4 is 17.9 Å². The average molecular weight is 190 g/mol. The number of hydrogen-bond acceptors (Lipinski definition) is 4. The lowest BCUT2D eigenvalue weighted by molar-refractivity contribution is -0.160. The minimum absolute atomic E-state index is 0.102. The van der Waals surface area contributed by atoms with Gasteiger partial charge >= 0.3 is 17.9 Å². The molecule has 0 aliphatic rings. The van der Waals surface area contributed by atoms with Crippen LogP contribution in [0.5, 0.6) is 0 Å². The third-order valence-electron chi connectivity index (χ3n) is 1.27. The zero-order chi connectivity index (χ0) is 10.4. The molecule has 0 radical (unpaired) electrons. The molecular weight excluding hydrogens is 180 g/mol. The molecule has 0 aromatic carbocycles. The van der Waals surface area contributed by atoms with Crippen LogP contribution in [0, 0.1) is 5.92 Å². The number of carboxylic acids is 2. The third kappa shape index (κ3) is 4.09. The Morgan fingerprint density at radius 3 is 2.00 bits per heavy atom. The fourth-order valence-corrected chi connectivity index (χ4v) is 0.667. The first-order chi connectivity index (χ1) is 5.99. The fourth-order valence-electron chi connectivity index (χ4n) is 0.667. The minimum atomic E-state index is -1.72. The molecule has 0 unspecified atom stereocenters. The van der Waals surface area contributed by atoms with Crippen LogP contribution in [-0.4, -0.2) is 34.7 Å². The van der Waals surface area contributed by atoms with Crippen LogP contribution >= 0.6 is 0 Å². The summed E-state index contributed by atoms with van der Waals surface area (Å²) in [6, 6.07) is 0. The number of aliphatic carboxylic acids is 2. The topological polar surface area (TPSA) is 101 Å². The molecule has 0 rings (SSSR count). The molecule has 6 nitrogen and oxygen atoms in total. The Labute approximate surface area is 74.1 Å². The highest BCUT2D eigenvalue weighted by atomic mass is 16.5. The molecule has 0 heterocycles. The summed E-state index contributed by atoms with van der Waals surface area (Å²) in [4.78, 5) is 31.3. The second-order valence-corrected chi connectivity index (χ2v) is 2.24. The molecule has 6 heteroatoms. The van der Waals surface area contributed by atoms with Crippen LogP contribution in [0.1, 0.15) is 13.3 Å². The molecule has 0 aliphatic carbocycles. The van der Waals surface area contributed by atoms with E-state index in [-0.39, 0.29) is 6.61 Å². The van der Waals surface area contributed by atoms with Gasteiger partial charge < -0.3 is 14.9 Å². The van der Waals surface area contributed by atoms with Crippen molar-refractivity contribution in [2.45, 2.75) is 13.3 Å². The molecule has 0 amide bonds. The zero-order valence-corrected chi connectivity index (χ0v) is 7.02. The first-order valence-corrected chi connectivity index (χ1v) is 3.60. The van der Waals surface area contributed by atoms with E-state index in [0.29, 0.717) is 0 Å². The number of carbonyl (C=O) groups excluding carboxylic acids is 1. The second kappa shape index (κ2) is 5.13. The molecule has 0 aromatic heterocycles. The van der Waals surface area contributed by atoms with Crippen molar-refractivity contribution in [1.82, 2.24) is 0 Å². The number of carboxylic acid groups (broad SMARTS) is 2. The molecule has 13 heavy (non-hydrogen) atoms. The molecule has 0 fully saturated rings. The van der Waals surface area contributed by atoms with Crippen molar-refractivity contribution in [3.05, 3.63) is 0 Å². The Morgan fingerprint density at radius 2 is 1.69 bits per heavy atom. The van der Waals surface area contributed by atoms with Gasteiger partial charge in [-0.3, -0.25) is 14.4 Å². The summed E-state index contributed by atoms with van der Waals surface area (Å²) in [5, 5.41) is 16.7.